The average Bonchev–Trinajstić information content (AvgIpc) is 1.25. The zero-order valence-electron chi connectivity index (χ0n) is 8.31. The van der Waals surface area contributed by atoms with E-state index in [1.165, 1.54) is 0 Å². The van der Waals surface area contributed by atoms with Gasteiger partial charge in [0.1, 0.15) is 0 Å². The van der Waals surface area contributed by atoms with Crippen molar-refractivity contribution in [2.75, 3.05) is 0 Å². The van der Waals surface area contributed by atoms with Gasteiger partial charge < -0.3 is 0 Å². The largest absolute Gasteiger partial charge is 0.0776 e. The molecule has 0 aliphatic rings. The SMILES string of the molecule is C.C.CC(C)C.CC(C)C.[B].[B]. The van der Waals surface area contributed by atoms with Crippen molar-refractivity contribution in [1.82, 2.24) is 0 Å². The van der Waals surface area contributed by atoms with E-state index in [0.717, 1.165) is 11.8 Å². The monoisotopic (exact) mass is 170 g/mol. The second kappa shape index (κ2) is 30.4. The van der Waals surface area contributed by atoms with Gasteiger partial charge in [-0.1, -0.05) is 56.4 Å². The molecule has 0 saturated heterocycles. The fourth-order valence-electron chi connectivity index (χ4n) is 0. The average molecular weight is 170 g/mol. The molecule has 0 aromatic carbocycles. The van der Waals surface area contributed by atoms with Gasteiger partial charge >= 0.3 is 0 Å². The van der Waals surface area contributed by atoms with Crippen LogP contribution < -0.4 is 0 Å². The maximum atomic E-state index is 2.17. The molecule has 6 radical (unpaired) electrons. The van der Waals surface area contributed by atoms with Crippen molar-refractivity contribution in [3.63, 3.8) is 0 Å². The molecule has 0 amide bonds. The van der Waals surface area contributed by atoms with Crippen molar-refractivity contribution in [3.05, 3.63) is 0 Å². The van der Waals surface area contributed by atoms with Gasteiger partial charge in [0.05, 0.1) is 0 Å². The minimum absolute atomic E-state index is 0. The molecule has 0 atom stereocenters. The summed E-state index contributed by atoms with van der Waals surface area (Å²) in [5, 5.41) is 0. The summed E-state index contributed by atoms with van der Waals surface area (Å²) < 4.78 is 0. The summed E-state index contributed by atoms with van der Waals surface area (Å²) in [6.45, 7) is 13.0. The lowest BCUT2D eigenvalue weighted by molar-refractivity contribution is 0.736. The van der Waals surface area contributed by atoms with E-state index in [1.807, 2.05) is 0 Å². The minimum atomic E-state index is 0. The Balaban J connectivity index is -0.0000000112. The molecule has 0 aromatic rings. The third-order valence-electron chi connectivity index (χ3n) is 0. The molecule has 0 fully saturated rings. The molecular formula is C10H28B2. The molecule has 12 heavy (non-hydrogen) atoms. The fourth-order valence-corrected chi connectivity index (χ4v) is 0. The summed E-state index contributed by atoms with van der Waals surface area (Å²) in [5.74, 6) is 1.67. The van der Waals surface area contributed by atoms with Crippen molar-refractivity contribution in [2.24, 2.45) is 11.8 Å². The van der Waals surface area contributed by atoms with Crippen molar-refractivity contribution < 1.29 is 0 Å². The molecule has 0 bridgehead atoms. The normalized spacial score (nSPS) is 6.00. The Bertz CT molecular complexity index is 23.3. The van der Waals surface area contributed by atoms with Gasteiger partial charge in [0.2, 0.25) is 0 Å². The molecule has 0 unspecified atom stereocenters. The zero-order chi connectivity index (χ0) is 7.15. The molecule has 0 heterocycles. The highest BCUT2D eigenvalue weighted by atomic mass is 13.7. The van der Waals surface area contributed by atoms with Gasteiger partial charge in [0.15, 0.2) is 0 Å². The standard InChI is InChI=1S/2C4H10.2CH4.2B/c2*1-4(2)3;;;;/h2*4H,1-3H3;2*1H4;;. The van der Waals surface area contributed by atoms with E-state index in [2.05, 4.69) is 41.5 Å². The lowest BCUT2D eigenvalue weighted by Crippen LogP contribution is -1.66. The highest BCUT2D eigenvalue weighted by molar-refractivity contribution is 5.76. The van der Waals surface area contributed by atoms with Gasteiger partial charge in [-0.25, -0.2) is 0 Å². The van der Waals surface area contributed by atoms with Gasteiger partial charge in [-0.15, -0.1) is 0 Å². The molecule has 0 spiro atoms. The number of hydrogen-bond acceptors (Lipinski definition) is 0. The summed E-state index contributed by atoms with van der Waals surface area (Å²) in [7, 11) is 0. The van der Waals surface area contributed by atoms with Crippen LogP contribution >= 0.6 is 0 Å². The second-order valence-electron chi connectivity index (χ2n) is 3.46. The molecule has 0 nitrogen and oxygen atoms in total. The smallest absolute Gasteiger partial charge is 0 e. The van der Waals surface area contributed by atoms with Crippen LogP contribution in [0.25, 0.3) is 0 Å². The Morgan fingerprint density at radius 2 is 0.500 bits per heavy atom. The van der Waals surface area contributed by atoms with Crippen LogP contribution in [0.2, 0.25) is 0 Å². The van der Waals surface area contributed by atoms with Gasteiger partial charge in [-0.2, -0.15) is 0 Å². The van der Waals surface area contributed by atoms with E-state index in [-0.39, 0.29) is 31.7 Å². The van der Waals surface area contributed by atoms with Crippen LogP contribution in [0, 0.1) is 11.8 Å². The molecule has 74 valence electrons. The summed E-state index contributed by atoms with van der Waals surface area (Å²) >= 11 is 0. The zero-order valence-corrected chi connectivity index (χ0v) is 8.31. The maximum absolute atomic E-state index is 2.17. The topological polar surface area (TPSA) is 0 Å². The minimum Gasteiger partial charge on any atom is -0.0776 e. The molecular weight excluding hydrogens is 142 g/mol. The summed E-state index contributed by atoms with van der Waals surface area (Å²) in [6, 6.07) is 0. The first-order chi connectivity index (χ1) is 3.46. The van der Waals surface area contributed by atoms with E-state index in [1.54, 1.807) is 0 Å². The third kappa shape index (κ3) is 50100. The lowest BCUT2D eigenvalue weighted by Gasteiger charge is -1.79. The molecule has 0 N–H and O–H groups in total. The maximum Gasteiger partial charge on any atom is 0 e. The Morgan fingerprint density at radius 3 is 0.500 bits per heavy atom. The van der Waals surface area contributed by atoms with E-state index < -0.39 is 0 Å². The van der Waals surface area contributed by atoms with Gasteiger partial charge in [-0.3, -0.25) is 0 Å². The van der Waals surface area contributed by atoms with E-state index in [0.29, 0.717) is 0 Å². The Hall–Kier alpha value is 0.130. The number of hydrogen-bond donors (Lipinski definition) is 0. The molecule has 0 aromatic heterocycles. The summed E-state index contributed by atoms with van der Waals surface area (Å²) in [4.78, 5) is 0. The molecule has 0 aliphatic carbocycles. The van der Waals surface area contributed by atoms with Crippen LogP contribution in [0.15, 0.2) is 0 Å². The van der Waals surface area contributed by atoms with E-state index in [4.69, 9.17) is 0 Å². The van der Waals surface area contributed by atoms with Crippen molar-refractivity contribution in [3.8, 4) is 0 Å². The first kappa shape index (κ1) is 40.0. The van der Waals surface area contributed by atoms with Crippen LogP contribution in [0.5, 0.6) is 0 Å². The summed E-state index contributed by atoms with van der Waals surface area (Å²) in [5.41, 5.74) is 0. The van der Waals surface area contributed by atoms with E-state index >= 15 is 0 Å². The highest BCUT2D eigenvalue weighted by Gasteiger charge is 1.68. The van der Waals surface area contributed by atoms with Crippen molar-refractivity contribution >= 4 is 16.8 Å². The predicted octanol–water partition coefficient (Wildman–Crippen LogP) is 3.84. The van der Waals surface area contributed by atoms with Crippen LogP contribution in [-0.2, 0) is 0 Å². The Labute approximate surface area is 85.7 Å². The molecule has 0 rings (SSSR count). The Morgan fingerprint density at radius 1 is 0.500 bits per heavy atom. The molecule has 0 saturated carbocycles. The molecule has 0 aliphatic heterocycles. The summed E-state index contributed by atoms with van der Waals surface area (Å²) in [6.07, 6.45) is 0. The second-order valence-corrected chi connectivity index (χ2v) is 3.46. The van der Waals surface area contributed by atoms with Crippen molar-refractivity contribution in [1.29, 1.82) is 0 Å². The first-order valence-electron chi connectivity index (χ1n) is 3.46. The van der Waals surface area contributed by atoms with Gasteiger partial charge in [-0.05, 0) is 11.8 Å². The van der Waals surface area contributed by atoms with Crippen LogP contribution in [0.1, 0.15) is 56.4 Å². The highest BCUT2D eigenvalue weighted by Crippen LogP contribution is 1.81. The van der Waals surface area contributed by atoms with E-state index in [9.17, 15) is 0 Å². The fraction of sp³-hybridized carbons (Fsp3) is 1.00. The van der Waals surface area contributed by atoms with Crippen LogP contribution in [-0.4, -0.2) is 16.8 Å². The quantitative estimate of drug-likeness (QED) is 0.484. The van der Waals surface area contributed by atoms with Crippen LogP contribution in [0.3, 0.4) is 0 Å². The Kier molecular flexibility index (Phi) is 101. The third-order valence-corrected chi connectivity index (χ3v) is 0. The van der Waals surface area contributed by atoms with Crippen molar-refractivity contribution in [2.45, 2.75) is 56.4 Å². The predicted molar refractivity (Wildman–Crippen MR) is 66.0 cm³/mol. The van der Waals surface area contributed by atoms with Gasteiger partial charge in [0, 0.05) is 16.8 Å². The van der Waals surface area contributed by atoms with Crippen LogP contribution in [0.4, 0.5) is 0 Å². The van der Waals surface area contributed by atoms with Gasteiger partial charge in [0.25, 0.3) is 0 Å². The lowest BCUT2D eigenvalue weighted by atomic mass is 10.3. The first-order valence-corrected chi connectivity index (χ1v) is 3.46. The molecule has 2 heteroatoms. The number of rotatable bonds is 0.